The first-order chi connectivity index (χ1) is 15.2. The molecule has 2 nitrogen and oxygen atoms in total. The SMILES string of the molecule is CCCCCCOc1ccc(-c2ccc(C3CCC(CCCCC)CC3=O)cc2)cc1. The van der Waals surface area contributed by atoms with Crippen LogP contribution in [0.1, 0.15) is 96.0 Å². The molecule has 2 unspecified atom stereocenters. The van der Waals surface area contributed by atoms with E-state index in [0.717, 1.165) is 31.6 Å². The number of ketones is 1. The van der Waals surface area contributed by atoms with E-state index in [1.54, 1.807) is 0 Å². The Labute approximate surface area is 189 Å². The standard InChI is InChI=1S/C29H40O2/c1-3-5-7-9-21-31-27-18-16-25(17-19-27)24-12-14-26(15-13-24)28-20-11-23(22-29(28)30)10-8-6-4-2/h12-19,23,28H,3-11,20-22H2,1-2H3. The molecule has 31 heavy (non-hydrogen) atoms. The third kappa shape index (κ3) is 7.23. The molecule has 1 aliphatic rings. The van der Waals surface area contributed by atoms with Gasteiger partial charge in [-0.05, 0) is 54.0 Å². The van der Waals surface area contributed by atoms with Gasteiger partial charge in [0.15, 0.2) is 0 Å². The molecule has 0 radical (unpaired) electrons. The molecule has 1 fully saturated rings. The van der Waals surface area contributed by atoms with E-state index >= 15 is 0 Å². The Morgan fingerprint density at radius 1 is 0.774 bits per heavy atom. The van der Waals surface area contributed by atoms with Crippen LogP contribution in [0.2, 0.25) is 0 Å². The Bertz CT molecular complexity index is 775. The Morgan fingerprint density at radius 3 is 2.06 bits per heavy atom. The molecule has 3 rings (SSSR count). The molecule has 2 aromatic rings. The maximum atomic E-state index is 12.8. The van der Waals surface area contributed by atoms with Crippen LogP contribution in [-0.2, 0) is 4.79 Å². The van der Waals surface area contributed by atoms with Crippen molar-refractivity contribution >= 4 is 5.78 Å². The summed E-state index contributed by atoms with van der Waals surface area (Å²) >= 11 is 0. The van der Waals surface area contributed by atoms with Crippen molar-refractivity contribution in [3.05, 3.63) is 54.1 Å². The van der Waals surface area contributed by atoms with Gasteiger partial charge in [-0.3, -0.25) is 4.79 Å². The molecule has 1 saturated carbocycles. The summed E-state index contributed by atoms with van der Waals surface area (Å²) in [5.41, 5.74) is 3.57. The van der Waals surface area contributed by atoms with E-state index < -0.39 is 0 Å². The normalized spacial score (nSPS) is 18.8. The monoisotopic (exact) mass is 420 g/mol. The highest BCUT2D eigenvalue weighted by Crippen LogP contribution is 2.36. The van der Waals surface area contributed by atoms with Crippen molar-refractivity contribution in [3.63, 3.8) is 0 Å². The maximum Gasteiger partial charge on any atom is 0.140 e. The molecule has 0 bridgehead atoms. The fraction of sp³-hybridized carbons (Fsp3) is 0.552. The second-order valence-corrected chi connectivity index (χ2v) is 9.22. The Morgan fingerprint density at radius 2 is 1.42 bits per heavy atom. The molecule has 0 aromatic heterocycles. The summed E-state index contributed by atoms with van der Waals surface area (Å²) in [4.78, 5) is 12.8. The highest BCUT2D eigenvalue weighted by Gasteiger charge is 2.29. The summed E-state index contributed by atoms with van der Waals surface area (Å²) in [6, 6.07) is 17.0. The highest BCUT2D eigenvalue weighted by atomic mass is 16.5. The molecule has 2 atom stereocenters. The zero-order valence-corrected chi connectivity index (χ0v) is 19.6. The van der Waals surface area contributed by atoms with Gasteiger partial charge in [0.05, 0.1) is 6.61 Å². The van der Waals surface area contributed by atoms with Crippen LogP contribution in [0.15, 0.2) is 48.5 Å². The quantitative estimate of drug-likeness (QED) is 0.322. The van der Waals surface area contributed by atoms with Crippen LogP contribution in [0, 0.1) is 5.92 Å². The lowest BCUT2D eigenvalue weighted by Crippen LogP contribution is -2.23. The van der Waals surface area contributed by atoms with Crippen molar-refractivity contribution in [2.24, 2.45) is 5.92 Å². The topological polar surface area (TPSA) is 26.3 Å². The lowest BCUT2D eigenvalue weighted by molar-refractivity contribution is -0.123. The zero-order valence-electron chi connectivity index (χ0n) is 19.6. The highest BCUT2D eigenvalue weighted by molar-refractivity contribution is 5.86. The van der Waals surface area contributed by atoms with Crippen molar-refractivity contribution < 1.29 is 9.53 Å². The lowest BCUT2D eigenvalue weighted by atomic mass is 9.76. The number of carbonyl (C=O) groups is 1. The number of unbranched alkanes of at least 4 members (excludes halogenated alkanes) is 5. The number of ether oxygens (including phenoxy) is 1. The van der Waals surface area contributed by atoms with Crippen molar-refractivity contribution in [2.75, 3.05) is 6.61 Å². The van der Waals surface area contributed by atoms with Gasteiger partial charge >= 0.3 is 0 Å². The van der Waals surface area contributed by atoms with Gasteiger partial charge in [-0.2, -0.15) is 0 Å². The van der Waals surface area contributed by atoms with Crippen LogP contribution in [0.3, 0.4) is 0 Å². The molecule has 0 saturated heterocycles. The van der Waals surface area contributed by atoms with Gasteiger partial charge < -0.3 is 4.74 Å². The number of rotatable bonds is 12. The van der Waals surface area contributed by atoms with Gasteiger partial charge in [0.25, 0.3) is 0 Å². The van der Waals surface area contributed by atoms with Crippen molar-refractivity contribution in [1.29, 1.82) is 0 Å². The fourth-order valence-corrected chi connectivity index (χ4v) is 4.74. The van der Waals surface area contributed by atoms with E-state index in [2.05, 4.69) is 62.4 Å². The molecule has 2 aromatic carbocycles. The average molecular weight is 421 g/mol. The lowest BCUT2D eigenvalue weighted by Gasteiger charge is -2.27. The Hall–Kier alpha value is -2.09. The first kappa shape index (κ1) is 23.6. The first-order valence-electron chi connectivity index (χ1n) is 12.6. The molecular weight excluding hydrogens is 380 g/mol. The van der Waals surface area contributed by atoms with Gasteiger partial charge in [0.2, 0.25) is 0 Å². The van der Waals surface area contributed by atoms with Gasteiger partial charge in [0.1, 0.15) is 11.5 Å². The minimum Gasteiger partial charge on any atom is -0.494 e. The minimum atomic E-state index is 0.0972. The number of carbonyl (C=O) groups excluding carboxylic acids is 1. The summed E-state index contributed by atoms with van der Waals surface area (Å²) in [5, 5.41) is 0. The smallest absolute Gasteiger partial charge is 0.140 e. The first-order valence-corrected chi connectivity index (χ1v) is 12.6. The van der Waals surface area contributed by atoms with E-state index in [4.69, 9.17) is 4.74 Å². The second-order valence-electron chi connectivity index (χ2n) is 9.22. The largest absolute Gasteiger partial charge is 0.494 e. The number of benzene rings is 2. The van der Waals surface area contributed by atoms with Gasteiger partial charge in [-0.1, -0.05) is 95.2 Å². The van der Waals surface area contributed by atoms with Gasteiger partial charge in [-0.15, -0.1) is 0 Å². The molecule has 2 heteroatoms. The van der Waals surface area contributed by atoms with Crippen molar-refractivity contribution in [3.8, 4) is 16.9 Å². The van der Waals surface area contributed by atoms with Crippen LogP contribution in [0.5, 0.6) is 5.75 Å². The molecule has 0 aliphatic heterocycles. The minimum absolute atomic E-state index is 0.0972. The predicted molar refractivity (Wildman–Crippen MR) is 131 cm³/mol. The third-order valence-corrected chi connectivity index (χ3v) is 6.73. The second kappa shape index (κ2) is 12.7. The summed E-state index contributed by atoms with van der Waals surface area (Å²) in [6.07, 6.45) is 12.9. The third-order valence-electron chi connectivity index (χ3n) is 6.73. The zero-order chi connectivity index (χ0) is 21.9. The number of hydrogen-bond donors (Lipinski definition) is 0. The van der Waals surface area contributed by atoms with Crippen LogP contribution in [0.25, 0.3) is 11.1 Å². The van der Waals surface area contributed by atoms with Gasteiger partial charge in [0, 0.05) is 12.3 Å². The van der Waals surface area contributed by atoms with Crippen molar-refractivity contribution in [1.82, 2.24) is 0 Å². The van der Waals surface area contributed by atoms with E-state index in [9.17, 15) is 4.79 Å². The van der Waals surface area contributed by atoms with Crippen LogP contribution < -0.4 is 4.74 Å². The molecule has 0 heterocycles. The summed E-state index contributed by atoms with van der Waals surface area (Å²) < 4.78 is 5.86. The van der Waals surface area contributed by atoms with Crippen LogP contribution >= 0.6 is 0 Å². The predicted octanol–water partition coefficient (Wildman–Crippen LogP) is 8.35. The molecule has 0 N–H and O–H groups in total. The number of Topliss-reactive ketones (excluding diaryl/α,β-unsaturated/α-hetero) is 1. The maximum absolute atomic E-state index is 12.8. The van der Waals surface area contributed by atoms with E-state index in [1.165, 1.54) is 68.1 Å². The molecule has 1 aliphatic carbocycles. The summed E-state index contributed by atoms with van der Waals surface area (Å²) in [5.74, 6) is 2.10. The molecule has 0 spiro atoms. The number of hydrogen-bond acceptors (Lipinski definition) is 2. The Balaban J connectivity index is 1.51. The fourth-order valence-electron chi connectivity index (χ4n) is 4.74. The van der Waals surface area contributed by atoms with Crippen molar-refractivity contribution in [2.45, 2.75) is 90.4 Å². The van der Waals surface area contributed by atoms with E-state index in [1.807, 2.05) is 0 Å². The average Bonchev–Trinajstić information content (AvgIpc) is 2.80. The molecule has 0 amide bonds. The summed E-state index contributed by atoms with van der Waals surface area (Å²) in [6.45, 7) is 5.26. The van der Waals surface area contributed by atoms with E-state index in [0.29, 0.717) is 11.7 Å². The molecule has 168 valence electrons. The van der Waals surface area contributed by atoms with E-state index in [-0.39, 0.29) is 5.92 Å². The summed E-state index contributed by atoms with van der Waals surface area (Å²) in [7, 11) is 0. The Kier molecular flexibility index (Phi) is 9.65. The van der Waals surface area contributed by atoms with Gasteiger partial charge in [-0.25, -0.2) is 0 Å². The van der Waals surface area contributed by atoms with Crippen LogP contribution in [-0.4, -0.2) is 12.4 Å². The van der Waals surface area contributed by atoms with Crippen LogP contribution in [0.4, 0.5) is 0 Å². The molecular formula is C29H40O2.